The quantitative estimate of drug-likeness (QED) is 0.347. The SMILES string of the molecule is CCC(CC)NC(=O)c1cccc(-c2ccc3oc(-c4ccc(F)cc4)c(C(=O)NC)c3c2)c1. The van der Waals surface area contributed by atoms with E-state index >= 15 is 0 Å². The molecule has 0 aliphatic carbocycles. The number of rotatable bonds is 7. The summed E-state index contributed by atoms with van der Waals surface area (Å²) in [5.41, 5.74) is 3.82. The highest BCUT2D eigenvalue weighted by Crippen LogP contribution is 2.36. The van der Waals surface area contributed by atoms with Gasteiger partial charge in [0.05, 0.1) is 5.56 Å². The van der Waals surface area contributed by atoms with Gasteiger partial charge >= 0.3 is 0 Å². The molecule has 0 saturated carbocycles. The summed E-state index contributed by atoms with van der Waals surface area (Å²) in [6.45, 7) is 4.10. The van der Waals surface area contributed by atoms with Crippen LogP contribution in [0.5, 0.6) is 0 Å². The Morgan fingerprint density at radius 1 is 0.882 bits per heavy atom. The second-order valence-corrected chi connectivity index (χ2v) is 8.17. The lowest BCUT2D eigenvalue weighted by molar-refractivity contribution is 0.0932. The van der Waals surface area contributed by atoms with Crippen LogP contribution in [0.15, 0.2) is 71.1 Å². The van der Waals surface area contributed by atoms with Crippen LogP contribution in [-0.4, -0.2) is 24.9 Å². The molecule has 1 aromatic heterocycles. The van der Waals surface area contributed by atoms with E-state index in [-0.39, 0.29) is 23.7 Å². The largest absolute Gasteiger partial charge is 0.455 e. The summed E-state index contributed by atoms with van der Waals surface area (Å²) in [4.78, 5) is 25.5. The summed E-state index contributed by atoms with van der Waals surface area (Å²) in [7, 11) is 1.56. The van der Waals surface area contributed by atoms with Crippen LogP contribution in [0.2, 0.25) is 0 Å². The number of carbonyl (C=O) groups is 2. The number of fused-ring (bicyclic) bond motifs is 1. The third-order valence-corrected chi connectivity index (χ3v) is 6.03. The van der Waals surface area contributed by atoms with Crippen molar-refractivity contribution in [2.75, 3.05) is 7.05 Å². The van der Waals surface area contributed by atoms with Crippen molar-refractivity contribution in [1.82, 2.24) is 10.6 Å². The summed E-state index contributed by atoms with van der Waals surface area (Å²) in [5.74, 6) is -0.389. The van der Waals surface area contributed by atoms with Crippen molar-refractivity contribution in [3.63, 3.8) is 0 Å². The minimum atomic E-state index is -0.364. The average molecular weight is 459 g/mol. The van der Waals surface area contributed by atoms with Crippen LogP contribution in [0.1, 0.15) is 47.4 Å². The van der Waals surface area contributed by atoms with Crippen LogP contribution in [0.3, 0.4) is 0 Å². The van der Waals surface area contributed by atoms with Gasteiger partial charge in [-0.3, -0.25) is 9.59 Å². The summed E-state index contributed by atoms with van der Waals surface area (Å²) < 4.78 is 19.5. The molecular weight excluding hydrogens is 431 g/mol. The Kier molecular flexibility index (Phi) is 6.77. The first kappa shape index (κ1) is 23.2. The molecule has 4 aromatic rings. The molecule has 3 aromatic carbocycles. The maximum Gasteiger partial charge on any atom is 0.255 e. The molecule has 1 heterocycles. The number of hydrogen-bond acceptors (Lipinski definition) is 3. The molecule has 6 heteroatoms. The van der Waals surface area contributed by atoms with Gasteiger partial charge in [-0.2, -0.15) is 0 Å². The van der Waals surface area contributed by atoms with E-state index in [2.05, 4.69) is 24.5 Å². The summed E-state index contributed by atoms with van der Waals surface area (Å²) >= 11 is 0. The third kappa shape index (κ3) is 4.57. The van der Waals surface area contributed by atoms with E-state index in [1.165, 1.54) is 12.1 Å². The molecule has 0 saturated heterocycles. The average Bonchev–Trinajstić information content (AvgIpc) is 3.26. The van der Waals surface area contributed by atoms with E-state index < -0.39 is 0 Å². The molecule has 5 nitrogen and oxygen atoms in total. The first-order valence-electron chi connectivity index (χ1n) is 11.4. The Labute approximate surface area is 198 Å². The number of amides is 2. The van der Waals surface area contributed by atoms with Crippen molar-refractivity contribution in [2.24, 2.45) is 0 Å². The van der Waals surface area contributed by atoms with Crippen molar-refractivity contribution in [3.8, 4) is 22.5 Å². The van der Waals surface area contributed by atoms with Gasteiger partial charge in [-0.25, -0.2) is 4.39 Å². The van der Waals surface area contributed by atoms with Crippen LogP contribution in [0.25, 0.3) is 33.4 Å². The van der Waals surface area contributed by atoms with Crippen LogP contribution in [-0.2, 0) is 0 Å². The number of hydrogen-bond donors (Lipinski definition) is 2. The van der Waals surface area contributed by atoms with Gasteiger partial charge in [0, 0.05) is 29.6 Å². The zero-order valence-corrected chi connectivity index (χ0v) is 19.4. The molecule has 0 bridgehead atoms. The number of furan rings is 1. The fraction of sp³-hybridized carbons (Fsp3) is 0.214. The lowest BCUT2D eigenvalue weighted by Crippen LogP contribution is -2.33. The van der Waals surface area contributed by atoms with Gasteiger partial charge in [-0.05, 0) is 72.5 Å². The van der Waals surface area contributed by atoms with Gasteiger partial charge < -0.3 is 15.1 Å². The van der Waals surface area contributed by atoms with Crippen LogP contribution < -0.4 is 10.6 Å². The monoisotopic (exact) mass is 458 g/mol. The molecule has 34 heavy (non-hydrogen) atoms. The summed E-state index contributed by atoms with van der Waals surface area (Å²) in [6.07, 6.45) is 1.75. The minimum absolute atomic E-state index is 0.107. The molecule has 2 amide bonds. The van der Waals surface area contributed by atoms with Gasteiger partial charge in [-0.15, -0.1) is 0 Å². The summed E-state index contributed by atoms with van der Waals surface area (Å²) in [5, 5.41) is 6.37. The van der Waals surface area contributed by atoms with Gasteiger partial charge in [0.15, 0.2) is 0 Å². The van der Waals surface area contributed by atoms with Crippen molar-refractivity contribution >= 4 is 22.8 Å². The molecule has 0 aliphatic rings. The van der Waals surface area contributed by atoms with Gasteiger partial charge in [-0.1, -0.05) is 32.0 Å². The van der Waals surface area contributed by atoms with E-state index in [0.717, 1.165) is 24.0 Å². The molecule has 4 rings (SSSR count). The molecular formula is C28H27FN2O3. The van der Waals surface area contributed by atoms with Crippen LogP contribution in [0.4, 0.5) is 4.39 Å². The number of nitrogens with one attached hydrogen (secondary N) is 2. The van der Waals surface area contributed by atoms with E-state index in [1.807, 2.05) is 30.3 Å². The van der Waals surface area contributed by atoms with E-state index in [9.17, 15) is 14.0 Å². The Morgan fingerprint density at radius 3 is 2.24 bits per heavy atom. The lowest BCUT2D eigenvalue weighted by Gasteiger charge is -2.15. The first-order valence-corrected chi connectivity index (χ1v) is 11.4. The Balaban J connectivity index is 1.77. The molecule has 0 radical (unpaired) electrons. The fourth-order valence-electron chi connectivity index (χ4n) is 4.03. The molecule has 0 unspecified atom stereocenters. The van der Waals surface area contributed by atoms with E-state index in [4.69, 9.17) is 4.42 Å². The highest BCUT2D eigenvalue weighted by Gasteiger charge is 2.22. The number of halogens is 1. The normalized spacial score (nSPS) is 11.1. The number of carbonyl (C=O) groups excluding carboxylic acids is 2. The maximum absolute atomic E-state index is 13.4. The molecule has 0 aliphatic heterocycles. The van der Waals surface area contributed by atoms with Gasteiger partial charge in [0.1, 0.15) is 17.2 Å². The highest BCUT2D eigenvalue weighted by molar-refractivity contribution is 6.11. The van der Waals surface area contributed by atoms with E-state index in [1.54, 1.807) is 31.3 Å². The first-order chi connectivity index (χ1) is 16.4. The van der Waals surface area contributed by atoms with Crippen molar-refractivity contribution in [2.45, 2.75) is 32.7 Å². The van der Waals surface area contributed by atoms with E-state index in [0.29, 0.717) is 33.4 Å². The molecule has 174 valence electrons. The standard InChI is InChI=1S/C28H27FN2O3/c1-4-22(5-2)31-27(32)20-8-6-7-18(15-20)19-11-14-24-23(16-19)25(28(33)30-3)26(34-24)17-9-12-21(29)13-10-17/h6-16,22H,4-5H2,1-3H3,(H,30,33)(H,31,32). The second kappa shape index (κ2) is 9.91. The fourth-order valence-corrected chi connectivity index (χ4v) is 4.03. The number of benzene rings is 3. The third-order valence-electron chi connectivity index (χ3n) is 6.03. The van der Waals surface area contributed by atoms with Crippen LogP contribution in [0, 0.1) is 5.82 Å². The Bertz CT molecular complexity index is 1340. The van der Waals surface area contributed by atoms with Gasteiger partial charge in [0.25, 0.3) is 11.8 Å². The molecule has 0 fully saturated rings. The van der Waals surface area contributed by atoms with Gasteiger partial charge in [0.2, 0.25) is 0 Å². The Morgan fingerprint density at radius 2 is 1.56 bits per heavy atom. The molecule has 0 spiro atoms. The lowest BCUT2D eigenvalue weighted by atomic mass is 9.98. The van der Waals surface area contributed by atoms with Crippen LogP contribution >= 0.6 is 0 Å². The highest BCUT2D eigenvalue weighted by atomic mass is 19.1. The zero-order chi connectivity index (χ0) is 24.2. The van der Waals surface area contributed by atoms with Crippen molar-refractivity contribution < 1.29 is 18.4 Å². The van der Waals surface area contributed by atoms with Crippen molar-refractivity contribution in [3.05, 3.63) is 83.7 Å². The van der Waals surface area contributed by atoms with Crippen molar-refractivity contribution in [1.29, 1.82) is 0 Å². The summed E-state index contributed by atoms with van der Waals surface area (Å²) in [6, 6.07) is 19.0. The minimum Gasteiger partial charge on any atom is -0.455 e. The predicted molar refractivity (Wildman–Crippen MR) is 132 cm³/mol. The Hall–Kier alpha value is -3.93. The maximum atomic E-state index is 13.4. The molecule has 0 atom stereocenters. The zero-order valence-electron chi connectivity index (χ0n) is 19.4. The smallest absolute Gasteiger partial charge is 0.255 e. The predicted octanol–water partition coefficient (Wildman–Crippen LogP) is 6.18. The second-order valence-electron chi connectivity index (χ2n) is 8.17. The topological polar surface area (TPSA) is 71.3 Å². The molecule has 2 N–H and O–H groups in total.